The minimum Gasteiger partial charge on any atom is -0.477 e. The lowest BCUT2D eigenvalue weighted by Crippen LogP contribution is -2.51. The van der Waals surface area contributed by atoms with E-state index >= 15 is 0 Å². The molecule has 1 N–H and O–H groups in total. The quantitative estimate of drug-likeness (QED) is 0.339. The monoisotopic (exact) mass is 560 g/mol. The highest BCUT2D eigenvalue weighted by atomic mass is 32.1. The number of hydrogen-bond acceptors (Lipinski definition) is 10. The van der Waals surface area contributed by atoms with Crippen molar-refractivity contribution in [2.75, 3.05) is 24.6 Å². The van der Waals surface area contributed by atoms with Gasteiger partial charge in [-0.25, -0.2) is 9.78 Å². The van der Waals surface area contributed by atoms with Crippen LogP contribution in [0.2, 0.25) is 0 Å². The highest BCUT2D eigenvalue weighted by Gasteiger charge is 2.34. The van der Waals surface area contributed by atoms with E-state index in [9.17, 15) is 19.5 Å². The van der Waals surface area contributed by atoms with E-state index in [2.05, 4.69) is 14.3 Å². The third-order valence-electron chi connectivity index (χ3n) is 7.54. The van der Waals surface area contributed by atoms with Gasteiger partial charge in [-0.3, -0.25) is 19.1 Å². The summed E-state index contributed by atoms with van der Waals surface area (Å²) < 4.78 is 11.7. The number of ketones is 1. The molecule has 11 nitrogen and oxygen atoms in total. The molecule has 2 saturated heterocycles. The molecule has 0 radical (unpaired) electrons. The fraction of sp³-hybridized carbons (Fsp3) is 0.393. The van der Waals surface area contributed by atoms with Crippen LogP contribution in [-0.4, -0.2) is 66.6 Å². The van der Waals surface area contributed by atoms with Crippen molar-refractivity contribution < 1.29 is 19.4 Å². The summed E-state index contributed by atoms with van der Waals surface area (Å²) in [6.45, 7) is 3.63. The number of hydrogen-bond donors (Lipinski definition) is 1. The van der Waals surface area contributed by atoms with E-state index < -0.39 is 11.4 Å². The standard InChI is InChI=1S/C28H28N6O5S/c1-16-12-22(33-13-17(14-33)21(35)9-8-18-6-3-5-11-39-18)30-26-23(16)24(36)19(27(37)38)15-34(26)28-31-25(32-40-28)20-7-2-4-10-29-20/h2,4,7,10,12,15,17-18H,3,5-6,8-9,11,13-14H2,1H3,(H,37,38). The summed E-state index contributed by atoms with van der Waals surface area (Å²) in [4.78, 5) is 53.6. The number of aryl methyl sites for hydroxylation is 1. The average Bonchev–Trinajstić information content (AvgIpc) is 3.42. The second kappa shape index (κ2) is 10.9. The van der Waals surface area contributed by atoms with Gasteiger partial charge < -0.3 is 14.7 Å². The van der Waals surface area contributed by atoms with Crippen LogP contribution in [0.15, 0.2) is 41.5 Å². The summed E-state index contributed by atoms with van der Waals surface area (Å²) in [5.41, 5.74) is 0.478. The van der Waals surface area contributed by atoms with E-state index in [0.29, 0.717) is 47.5 Å². The number of carboxylic acids is 1. The second-order valence-corrected chi connectivity index (χ2v) is 11.0. The van der Waals surface area contributed by atoms with Gasteiger partial charge in [0.05, 0.1) is 17.4 Å². The molecule has 2 aliphatic rings. The van der Waals surface area contributed by atoms with Crippen LogP contribution in [0.3, 0.4) is 0 Å². The number of aromatic nitrogens is 5. The molecule has 40 heavy (non-hydrogen) atoms. The van der Waals surface area contributed by atoms with E-state index in [1.165, 1.54) is 10.8 Å². The number of nitrogens with zero attached hydrogens (tertiary/aromatic N) is 6. The topological polar surface area (TPSA) is 140 Å². The van der Waals surface area contributed by atoms with Crippen LogP contribution in [-0.2, 0) is 9.53 Å². The smallest absolute Gasteiger partial charge is 0.341 e. The predicted octanol–water partition coefficient (Wildman–Crippen LogP) is 3.66. The molecule has 12 heteroatoms. The van der Waals surface area contributed by atoms with Gasteiger partial charge >= 0.3 is 5.97 Å². The van der Waals surface area contributed by atoms with Crippen LogP contribution in [0.1, 0.15) is 48.0 Å². The lowest BCUT2D eigenvalue weighted by molar-refractivity contribution is -0.124. The summed E-state index contributed by atoms with van der Waals surface area (Å²) in [5, 5.41) is 10.3. The first-order valence-electron chi connectivity index (χ1n) is 13.3. The number of fused-ring (bicyclic) bond motifs is 1. The van der Waals surface area contributed by atoms with Gasteiger partial charge in [0.15, 0.2) is 11.5 Å². The second-order valence-electron chi connectivity index (χ2n) is 10.3. The molecular weight excluding hydrogens is 532 g/mol. The fourth-order valence-corrected chi connectivity index (χ4v) is 5.92. The Hall–Kier alpha value is -4.03. The van der Waals surface area contributed by atoms with Gasteiger partial charge in [0, 0.05) is 50.0 Å². The Labute approximate surface area is 233 Å². The van der Waals surface area contributed by atoms with Crippen LogP contribution >= 0.6 is 11.5 Å². The van der Waals surface area contributed by atoms with Crippen molar-refractivity contribution >= 4 is 40.1 Å². The van der Waals surface area contributed by atoms with Crippen molar-refractivity contribution in [3.63, 3.8) is 0 Å². The van der Waals surface area contributed by atoms with E-state index in [1.54, 1.807) is 31.3 Å². The van der Waals surface area contributed by atoms with Crippen molar-refractivity contribution in [1.29, 1.82) is 0 Å². The zero-order valence-electron chi connectivity index (χ0n) is 21.9. The van der Waals surface area contributed by atoms with Gasteiger partial charge in [-0.05, 0) is 56.4 Å². The Kier molecular flexibility index (Phi) is 7.11. The molecule has 0 spiro atoms. The summed E-state index contributed by atoms with van der Waals surface area (Å²) in [6.07, 6.45) is 7.63. The van der Waals surface area contributed by atoms with Gasteiger partial charge in [-0.2, -0.15) is 9.36 Å². The fourth-order valence-electron chi connectivity index (χ4n) is 5.26. The third kappa shape index (κ3) is 5.00. The molecule has 2 aliphatic heterocycles. The zero-order chi connectivity index (χ0) is 27.8. The van der Waals surface area contributed by atoms with E-state index in [0.717, 1.165) is 43.8 Å². The Morgan fingerprint density at radius 3 is 2.77 bits per heavy atom. The minimum atomic E-state index is -1.33. The van der Waals surface area contributed by atoms with Crippen LogP contribution in [0.5, 0.6) is 0 Å². The van der Waals surface area contributed by atoms with Crippen molar-refractivity contribution in [1.82, 2.24) is 23.9 Å². The first-order valence-corrected chi connectivity index (χ1v) is 14.1. The maximum Gasteiger partial charge on any atom is 0.341 e. The van der Waals surface area contributed by atoms with Crippen LogP contribution in [0.25, 0.3) is 27.7 Å². The molecule has 2 fully saturated rings. The molecule has 4 aromatic heterocycles. The number of carboxylic acid groups (broad SMARTS) is 1. The van der Waals surface area contributed by atoms with Gasteiger partial charge in [0.2, 0.25) is 10.6 Å². The Bertz CT molecular complexity index is 1640. The van der Waals surface area contributed by atoms with E-state index in [-0.39, 0.29) is 34.4 Å². The number of anilines is 1. The molecule has 0 aromatic carbocycles. The first-order chi connectivity index (χ1) is 19.4. The molecule has 1 atom stereocenters. The maximum absolute atomic E-state index is 13.2. The number of ether oxygens (including phenoxy) is 1. The maximum atomic E-state index is 13.2. The van der Waals surface area contributed by atoms with Crippen molar-refractivity contribution in [3.8, 4) is 16.6 Å². The highest BCUT2D eigenvalue weighted by Crippen LogP contribution is 2.30. The number of carbonyl (C=O) groups excluding carboxylic acids is 1. The lowest BCUT2D eigenvalue weighted by Gasteiger charge is -2.39. The molecule has 0 aliphatic carbocycles. The van der Waals surface area contributed by atoms with E-state index in [1.807, 2.05) is 11.0 Å². The van der Waals surface area contributed by atoms with Crippen molar-refractivity contribution in [2.24, 2.45) is 5.92 Å². The largest absolute Gasteiger partial charge is 0.477 e. The van der Waals surface area contributed by atoms with Gasteiger partial charge in [0.1, 0.15) is 22.9 Å². The van der Waals surface area contributed by atoms with Gasteiger partial charge in [-0.15, -0.1) is 0 Å². The Morgan fingerprint density at radius 2 is 2.05 bits per heavy atom. The molecule has 0 saturated carbocycles. The van der Waals surface area contributed by atoms with Gasteiger partial charge in [0.25, 0.3) is 0 Å². The molecule has 206 valence electrons. The number of Topliss-reactive ketones (excluding diaryl/α,β-unsaturated/α-hetero) is 1. The predicted molar refractivity (Wildman–Crippen MR) is 149 cm³/mol. The van der Waals surface area contributed by atoms with Crippen molar-refractivity contribution in [2.45, 2.75) is 45.1 Å². The zero-order valence-corrected chi connectivity index (χ0v) is 22.8. The van der Waals surface area contributed by atoms with E-state index in [4.69, 9.17) is 9.72 Å². The molecule has 6 rings (SSSR count). The third-order valence-corrected chi connectivity index (χ3v) is 8.25. The van der Waals surface area contributed by atoms with Crippen molar-refractivity contribution in [3.05, 3.63) is 58.0 Å². The first kappa shape index (κ1) is 26.2. The molecule has 0 amide bonds. The molecular formula is C28H28N6O5S. The molecule has 0 bridgehead atoms. The van der Waals surface area contributed by atoms with Gasteiger partial charge in [-0.1, -0.05) is 6.07 Å². The molecule has 1 unspecified atom stereocenters. The molecule has 4 aromatic rings. The SMILES string of the molecule is Cc1cc(N2CC(C(=O)CCC3CCCCO3)C2)nc2c1c(=O)c(C(=O)O)cn2-c1nc(-c2ccccn2)ns1. The number of aromatic carboxylic acids is 1. The normalized spacial score (nSPS) is 17.6. The number of carbonyl (C=O) groups is 2. The van der Waals surface area contributed by atoms with Crippen LogP contribution in [0.4, 0.5) is 5.82 Å². The van der Waals surface area contributed by atoms with Crippen LogP contribution in [0, 0.1) is 12.8 Å². The minimum absolute atomic E-state index is 0.0675. The van der Waals surface area contributed by atoms with Crippen LogP contribution < -0.4 is 10.3 Å². The summed E-state index contributed by atoms with van der Waals surface area (Å²) in [6, 6.07) is 7.17. The Morgan fingerprint density at radius 1 is 1.20 bits per heavy atom. The summed E-state index contributed by atoms with van der Waals surface area (Å²) in [7, 11) is 0. The number of rotatable bonds is 8. The number of pyridine rings is 3. The lowest BCUT2D eigenvalue weighted by atomic mass is 9.90. The molecule has 6 heterocycles. The highest BCUT2D eigenvalue weighted by molar-refractivity contribution is 7.08. The average molecular weight is 561 g/mol. The summed E-state index contributed by atoms with van der Waals surface area (Å²) >= 11 is 1.06. The summed E-state index contributed by atoms with van der Waals surface area (Å²) in [5.74, 6) is -0.152. The Balaban J connectivity index is 1.29.